The molecule has 2 rings (SSSR count). The molecule has 2 nitrogen and oxygen atoms in total. The van der Waals surface area contributed by atoms with E-state index in [0.29, 0.717) is 6.04 Å². The zero-order valence-electron chi connectivity index (χ0n) is 12.1. The van der Waals surface area contributed by atoms with Crippen LogP contribution in [0.2, 0.25) is 0 Å². The Hall–Kier alpha value is -0.840. The van der Waals surface area contributed by atoms with E-state index in [9.17, 15) is 0 Å². The molecule has 0 spiro atoms. The van der Waals surface area contributed by atoms with Crippen LogP contribution in [-0.2, 0) is 6.42 Å². The highest BCUT2D eigenvalue weighted by molar-refractivity contribution is 7.99. The van der Waals surface area contributed by atoms with Gasteiger partial charge in [0.15, 0.2) is 0 Å². The number of benzene rings is 1. The number of aryl methyl sites for hydroxylation is 1. The molecule has 20 heavy (non-hydrogen) atoms. The van der Waals surface area contributed by atoms with Crippen LogP contribution in [0.25, 0.3) is 0 Å². The maximum absolute atomic E-state index is 4.17. The number of aromatic nitrogens is 1. The minimum Gasteiger partial charge on any atom is -0.313 e. The van der Waals surface area contributed by atoms with Gasteiger partial charge in [-0.2, -0.15) is 0 Å². The van der Waals surface area contributed by atoms with E-state index in [2.05, 4.69) is 48.4 Å². The van der Waals surface area contributed by atoms with Crippen molar-refractivity contribution < 1.29 is 0 Å². The van der Waals surface area contributed by atoms with Crippen molar-refractivity contribution in [2.45, 2.75) is 37.6 Å². The first-order valence-electron chi connectivity index (χ1n) is 7.08. The summed E-state index contributed by atoms with van der Waals surface area (Å²) in [7, 11) is 0. The van der Waals surface area contributed by atoms with Gasteiger partial charge in [0.05, 0.1) is 5.51 Å². The second-order valence-corrected chi connectivity index (χ2v) is 7.01. The summed E-state index contributed by atoms with van der Waals surface area (Å²) >= 11 is 3.69. The molecule has 0 saturated heterocycles. The molecule has 0 aliphatic rings. The summed E-state index contributed by atoms with van der Waals surface area (Å²) in [6.07, 6.45) is 4.24. The van der Waals surface area contributed by atoms with Gasteiger partial charge < -0.3 is 5.32 Å². The van der Waals surface area contributed by atoms with Gasteiger partial charge in [-0.1, -0.05) is 24.6 Å². The summed E-state index contributed by atoms with van der Waals surface area (Å²) in [4.78, 5) is 6.89. The molecule has 2 aromatic rings. The Kier molecular flexibility index (Phi) is 6.57. The first-order chi connectivity index (χ1) is 9.78. The van der Waals surface area contributed by atoms with Crippen molar-refractivity contribution in [3.05, 3.63) is 46.4 Å². The molecule has 0 saturated carbocycles. The van der Waals surface area contributed by atoms with Crippen LogP contribution in [0, 0.1) is 6.92 Å². The summed E-state index contributed by atoms with van der Waals surface area (Å²) in [6.45, 7) is 5.44. The van der Waals surface area contributed by atoms with Crippen molar-refractivity contribution in [3.63, 3.8) is 0 Å². The number of nitrogens with zero attached hydrogens (tertiary/aromatic N) is 1. The first kappa shape index (κ1) is 15.5. The Bertz CT molecular complexity index is 497. The number of rotatable bonds is 8. The summed E-state index contributed by atoms with van der Waals surface area (Å²) < 4.78 is 0. The molecule has 108 valence electrons. The molecule has 1 heterocycles. The lowest BCUT2D eigenvalue weighted by Crippen LogP contribution is -2.33. The third-order valence-electron chi connectivity index (χ3n) is 3.05. The molecule has 1 aromatic heterocycles. The molecule has 0 bridgehead atoms. The van der Waals surface area contributed by atoms with Crippen molar-refractivity contribution in [2.24, 2.45) is 0 Å². The van der Waals surface area contributed by atoms with E-state index >= 15 is 0 Å². The largest absolute Gasteiger partial charge is 0.313 e. The van der Waals surface area contributed by atoms with Gasteiger partial charge in [-0.3, -0.25) is 4.98 Å². The topological polar surface area (TPSA) is 24.9 Å². The molecule has 1 N–H and O–H groups in total. The fourth-order valence-electron chi connectivity index (χ4n) is 2.03. The van der Waals surface area contributed by atoms with Crippen LogP contribution in [0.1, 0.15) is 23.8 Å². The van der Waals surface area contributed by atoms with Gasteiger partial charge in [0.25, 0.3) is 0 Å². The van der Waals surface area contributed by atoms with E-state index < -0.39 is 0 Å². The molecule has 0 aliphatic heterocycles. The molecular formula is C16H22N2S2. The van der Waals surface area contributed by atoms with Gasteiger partial charge >= 0.3 is 0 Å². The van der Waals surface area contributed by atoms with Crippen molar-refractivity contribution in [1.82, 2.24) is 10.3 Å². The van der Waals surface area contributed by atoms with Crippen LogP contribution in [0.3, 0.4) is 0 Å². The van der Waals surface area contributed by atoms with Gasteiger partial charge in [0.2, 0.25) is 0 Å². The molecule has 4 heteroatoms. The Balaban J connectivity index is 1.89. The highest BCUT2D eigenvalue weighted by Crippen LogP contribution is 2.21. The first-order valence-corrected chi connectivity index (χ1v) is 8.94. The highest BCUT2D eigenvalue weighted by Gasteiger charge is 2.10. The van der Waals surface area contributed by atoms with E-state index in [1.165, 1.54) is 21.8 Å². The summed E-state index contributed by atoms with van der Waals surface area (Å²) in [5.41, 5.74) is 3.25. The molecule has 0 radical (unpaired) electrons. The standard InChI is InChI=1S/C16H22N2S2/c1-3-7-18-14(9-16-10-17-12-20-16)11-19-15-6-4-5-13(2)8-15/h4-6,8,10,12,14,18H,3,7,9,11H2,1-2H3. The third kappa shape index (κ3) is 5.27. The lowest BCUT2D eigenvalue weighted by molar-refractivity contribution is 0.553. The highest BCUT2D eigenvalue weighted by atomic mass is 32.2. The number of thioether (sulfide) groups is 1. The predicted molar refractivity (Wildman–Crippen MR) is 89.8 cm³/mol. The second-order valence-electron chi connectivity index (χ2n) is 4.95. The lowest BCUT2D eigenvalue weighted by atomic mass is 10.2. The van der Waals surface area contributed by atoms with E-state index in [4.69, 9.17) is 0 Å². The van der Waals surface area contributed by atoms with Crippen molar-refractivity contribution in [2.75, 3.05) is 12.3 Å². The zero-order chi connectivity index (χ0) is 14.2. The Morgan fingerprint density at radius 1 is 1.40 bits per heavy atom. The van der Waals surface area contributed by atoms with Gasteiger partial charge in [-0.05, 0) is 38.4 Å². The van der Waals surface area contributed by atoms with Crippen molar-refractivity contribution in [1.29, 1.82) is 0 Å². The summed E-state index contributed by atoms with van der Waals surface area (Å²) in [5.74, 6) is 1.10. The van der Waals surface area contributed by atoms with E-state index in [-0.39, 0.29) is 0 Å². The molecule has 1 atom stereocenters. The van der Waals surface area contributed by atoms with Crippen molar-refractivity contribution in [3.8, 4) is 0 Å². The van der Waals surface area contributed by atoms with Crippen LogP contribution >= 0.6 is 23.1 Å². The maximum Gasteiger partial charge on any atom is 0.0794 e. The van der Waals surface area contributed by atoms with Crippen molar-refractivity contribution >= 4 is 23.1 Å². The molecule has 1 aromatic carbocycles. The average molecular weight is 306 g/mol. The molecule has 0 fully saturated rings. The number of hydrogen-bond acceptors (Lipinski definition) is 4. The number of thiazole rings is 1. The van der Waals surface area contributed by atoms with Gasteiger partial charge in [0.1, 0.15) is 0 Å². The number of hydrogen-bond donors (Lipinski definition) is 1. The van der Waals surface area contributed by atoms with E-state index in [1.807, 2.05) is 23.5 Å². The minimum absolute atomic E-state index is 0.515. The molecule has 1 unspecified atom stereocenters. The van der Waals surface area contributed by atoms with E-state index in [0.717, 1.165) is 18.7 Å². The molecule has 0 aliphatic carbocycles. The SMILES string of the molecule is CCCNC(CSc1cccc(C)c1)Cc1cncs1. The van der Waals surface area contributed by atoms with Gasteiger partial charge in [-0.25, -0.2) is 0 Å². The third-order valence-corrected chi connectivity index (χ3v) is 5.01. The Labute approximate surface area is 130 Å². The Morgan fingerprint density at radius 2 is 2.30 bits per heavy atom. The van der Waals surface area contributed by atoms with Crippen LogP contribution in [0.5, 0.6) is 0 Å². The van der Waals surface area contributed by atoms with Crippen LogP contribution in [0.15, 0.2) is 40.9 Å². The Morgan fingerprint density at radius 3 is 3.00 bits per heavy atom. The minimum atomic E-state index is 0.515. The molecule has 0 amide bonds. The quantitative estimate of drug-likeness (QED) is 0.742. The second kappa shape index (κ2) is 8.45. The fourth-order valence-corrected chi connectivity index (χ4v) is 3.78. The smallest absolute Gasteiger partial charge is 0.0794 e. The summed E-state index contributed by atoms with van der Waals surface area (Å²) in [6, 6.07) is 9.25. The van der Waals surface area contributed by atoms with Crippen LogP contribution in [0.4, 0.5) is 0 Å². The number of nitrogens with one attached hydrogen (secondary N) is 1. The normalized spacial score (nSPS) is 12.5. The van der Waals surface area contributed by atoms with Crippen LogP contribution < -0.4 is 5.32 Å². The zero-order valence-corrected chi connectivity index (χ0v) is 13.8. The molecular weight excluding hydrogens is 284 g/mol. The van der Waals surface area contributed by atoms with E-state index in [1.54, 1.807) is 11.3 Å². The van der Waals surface area contributed by atoms with Gasteiger partial charge in [-0.15, -0.1) is 23.1 Å². The van der Waals surface area contributed by atoms with Crippen LogP contribution in [-0.4, -0.2) is 23.3 Å². The summed E-state index contributed by atoms with van der Waals surface area (Å²) in [5, 5.41) is 3.65. The average Bonchev–Trinajstić information content (AvgIpc) is 2.95. The monoisotopic (exact) mass is 306 g/mol. The lowest BCUT2D eigenvalue weighted by Gasteiger charge is -2.17. The predicted octanol–water partition coefficient (Wildman–Crippen LogP) is 4.15. The fraction of sp³-hybridized carbons (Fsp3) is 0.438. The van der Waals surface area contributed by atoms with Gasteiger partial charge in [0, 0.05) is 27.8 Å². The maximum atomic E-state index is 4.17.